The first-order valence-corrected chi connectivity index (χ1v) is 8.32. The Labute approximate surface area is 149 Å². The van der Waals surface area contributed by atoms with Crippen LogP contribution in [0, 0.1) is 0 Å². The van der Waals surface area contributed by atoms with E-state index in [-0.39, 0.29) is 11.9 Å². The number of aromatic nitrogens is 6. The molecule has 0 aliphatic rings. The van der Waals surface area contributed by atoms with Crippen molar-refractivity contribution in [3.05, 3.63) is 66.5 Å². The number of carbonyl (C=O) groups is 1. The van der Waals surface area contributed by atoms with Crippen molar-refractivity contribution in [3.8, 4) is 5.69 Å². The van der Waals surface area contributed by atoms with E-state index in [2.05, 4.69) is 30.6 Å². The molecule has 3 heterocycles. The Kier molecular flexibility index (Phi) is 4.14. The fourth-order valence-electron chi connectivity index (χ4n) is 2.77. The zero-order chi connectivity index (χ0) is 17.9. The molecule has 0 bridgehead atoms. The lowest BCUT2D eigenvalue weighted by Gasteiger charge is -2.14. The molecule has 1 unspecified atom stereocenters. The molecule has 0 fully saturated rings. The van der Waals surface area contributed by atoms with Crippen LogP contribution in [0.5, 0.6) is 0 Å². The molecule has 0 spiro atoms. The number of rotatable bonds is 5. The number of hydrogen-bond donors (Lipinski definition) is 2. The van der Waals surface area contributed by atoms with Crippen molar-refractivity contribution >= 4 is 16.9 Å². The average Bonchev–Trinajstić information content (AvgIpc) is 3.35. The number of imidazole rings is 1. The molecule has 0 aliphatic carbocycles. The van der Waals surface area contributed by atoms with Gasteiger partial charge in [-0.1, -0.05) is 24.3 Å². The van der Waals surface area contributed by atoms with Gasteiger partial charge in [0.25, 0.3) is 5.91 Å². The summed E-state index contributed by atoms with van der Waals surface area (Å²) in [7, 11) is 0. The molecule has 0 radical (unpaired) electrons. The predicted molar refractivity (Wildman–Crippen MR) is 95.7 cm³/mol. The molecule has 4 aromatic rings. The number of pyridine rings is 1. The summed E-state index contributed by atoms with van der Waals surface area (Å²) in [4.78, 5) is 24.7. The number of carbonyl (C=O) groups excluding carboxylic acids is 1. The van der Waals surface area contributed by atoms with E-state index >= 15 is 0 Å². The van der Waals surface area contributed by atoms with Gasteiger partial charge < -0.3 is 10.3 Å². The topological polar surface area (TPSA) is 101 Å². The van der Waals surface area contributed by atoms with Gasteiger partial charge in [0.2, 0.25) is 0 Å². The smallest absolute Gasteiger partial charge is 0.253 e. The molecule has 4 rings (SSSR count). The molecular weight excluding hydrogens is 330 g/mol. The van der Waals surface area contributed by atoms with Crippen LogP contribution in [0.25, 0.3) is 16.7 Å². The van der Waals surface area contributed by atoms with Crippen molar-refractivity contribution < 1.29 is 4.79 Å². The van der Waals surface area contributed by atoms with Crippen LogP contribution in [0.3, 0.4) is 0 Å². The van der Waals surface area contributed by atoms with Gasteiger partial charge in [-0.15, -0.1) is 5.10 Å². The van der Waals surface area contributed by atoms with Gasteiger partial charge in [0.1, 0.15) is 5.82 Å². The molecular formula is C18H17N7O. The SMILES string of the molecule is CCC(NC(=O)c1cncc(-n2ccnn2)c1)c1nc2ccccc2[nH]1. The summed E-state index contributed by atoms with van der Waals surface area (Å²) in [5, 5.41) is 10.7. The van der Waals surface area contributed by atoms with Gasteiger partial charge in [-0.25, -0.2) is 9.67 Å². The molecule has 0 aliphatic heterocycles. The van der Waals surface area contributed by atoms with Crippen molar-refractivity contribution in [1.82, 2.24) is 35.3 Å². The zero-order valence-corrected chi connectivity index (χ0v) is 14.1. The van der Waals surface area contributed by atoms with Crippen molar-refractivity contribution in [3.63, 3.8) is 0 Å². The van der Waals surface area contributed by atoms with Crippen LogP contribution in [-0.2, 0) is 0 Å². The number of para-hydroxylation sites is 2. The third-order valence-corrected chi connectivity index (χ3v) is 4.12. The molecule has 1 aromatic carbocycles. The Hall–Kier alpha value is -3.55. The number of hydrogen-bond acceptors (Lipinski definition) is 5. The first-order valence-electron chi connectivity index (χ1n) is 8.32. The minimum absolute atomic E-state index is 0.216. The second kappa shape index (κ2) is 6.75. The van der Waals surface area contributed by atoms with E-state index in [1.165, 1.54) is 6.20 Å². The highest BCUT2D eigenvalue weighted by Crippen LogP contribution is 2.19. The normalized spacial score (nSPS) is 12.2. The highest BCUT2D eigenvalue weighted by molar-refractivity contribution is 5.94. The largest absolute Gasteiger partial charge is 0.342 e. The molecule has 1 atom stereocenters. The third kappa shape index (κ3) is 3.04. The molecule has 26 heavy (non-hydrogen) atoms. The number of nitrogens with zero attached hydrogens (tertiary/aromatic N) is 5. The molecule has 8 heteroatoms. The number of fused-ring (bicyclic) bond motifs is 1. The minimum Gasteiger partial charge on any atom is -0.342 e. The molecule has 0 saturated carbocycles. The van der Waals surface area contributed by atoms with E-state index in [0.717, 1.165) is 16.9 Å². The molecule has 0 saturated heterocycles. The number of H-pyrrole nitrogens is 1. The van der Waals surface area contributed by atoms with Crippen LogP contribution in [0.4, 0.5) is 0 Å². The highest BCUT2D eigenvalue weighted by atomic mass is 16.1. The number of amides is 1. The quantitative estimate of drug-likeness (QED) is 0.577. The van der Waals surface area contributed by atoms with Crippen LogP contribution in [0.1, 0.15) is 35.6 Å². The fraction of sp³-hybridized carbons (Fsp3) is 0.167. The Bertz CT molecular complexity index is 1010. The first kappa shape index (κ1) is 15.9. The van der Waals surface area contributed by atoms with Crippen molar-refractivity contribution in [2.24, 2.45) is 0 Å². The summed E-state index contributed by atoms with van der Waals surface area (Å²) in [5.74, 6) is 0.522. The van der Waals surface area contributed by atoms with Crippen molar-refractivity contribution in [2.45, 2.75) is 19.4 Å². The summed E-state index contributed by atoms with van der Waals surface area (Å²) >= 11 is 0. The van der Waals surface area contributed by atoms with Gasteiger partial charge in [-0.2, -0.15) is 0 Å². The van der Waals surface area contributed by atoms with E-state index in [9.17, 15) is 4.79 Å². The predicted octanol–water partition coefficient (Wildman–Crippen LogP) is 2.42. The zero-order valence-electron chi connectivity index (χ0n) is 14.1. The van der Waals surface area contributed by atoms with Gasteiger partial charge in [-0.05, 0) is 24.6 Å². The summed E-state index contributed by atoms with van der Waals surface area (Å²) in [6, 6.07) is 9.30. The molecule has 1 amide bonds. The second-order valence-corrected chi connectivity index (χ2v) is 5.85. The number of aromatic amines is 1. The highest BCUT2D eigenvalue weighted by Gasteiger charge is 2.18. The van der Waals surface area contributed by atoms with Crippen molar-refractivity contribution in [1.29, 1.82) is 0 Å². The number of nitrogens with one attached hydrogen (secondary N) is 2. The molecule has 3 aromatic heterocycles. The van der Waals surface area contributed by atoms with Crippen molar-refractivity contribution in [2.75, 3.05) is 0 Å². The lowest BCUT2D eigenvalue weighted by Crippen LogP contribution is -2.29. The molecule has 8 nitrogen and oxygen atoms in total. The van der Waals surface area contributed by atoms with Crippen LogP contribution in [0.2, 0.25) is 0 Å². The second-order valence-electron chi connectivity index (χ2n) is 5.85. The van der Waals surface area contributed by atoms with Crippen LogP contribution >= 0.6 is 0 Å². The van der Waals surface area contributed by atoms with E-state index < -0.39 is 0 Å². The number of benzene rings is 1. The minimum atomic E-state index is -0.218. The van der Waals surface area contributed by atoms with Crippen LogP contribution in [0.15, 0.2) is 55.1 Å². The maximum atomic E-state index is 12.7. The maximum Gasteiger partial charge on any atom is 0.253 e. The summed E-state index contributed by atoms with van der Waals surface area (Å²) < 4.78 is 1.56. The first-order chi connectivity index (χ1) is 12.7. The third-order valence-electron chi connectivity index (χ3n) is 4.12. The molecule has 2 N–H and O–H groups in total. The monoisotopic (exact) mass is 347 g/mol. The van der Waals surface area contributed by atoms with E-state index in [1.807, 2.05) is 31.2 Å². The van der Waals surface area contributed by atoms with Gasteiger partial charge in [-0.3, -0.25) is 9.78 Å². The standard InChI is InChI=1S/C18H17N7O/c1-2-14(17-21-15-5-3-4-6-16(15)22-17)23-18(26)12-9-13(11-19-10-12)25-8-7-20-24-25/h3-11,14H,2H2,1H3,(H,21,22)(H,23,26). The maximum absolute atomic E-state index is 12.7. The Morgan fingerprint density at radius 3 is 2.96 bits per heavy atom. The van der Waals surface area contributed by atoms with Gasteiger partial charge in [0.15, 0.2) is 0 Å². The lowest BCUT2D eigenvalue weighted by molar-refractivity contribution is 0.0933. The average molecular weight is 347 g/mol. The molecule has 130 valence electrons. The van der Waals surface area contributed by atoms with E-state index in [1.54, 1.807) is 29.3 Å². The Morgan fingerprint density at radius 2 is 2.19 bits per heavy atom. The fourth-order valence-corrected chi connectivity index (χ4v) is 2.77. The van der Waals surface area contributed by atoms with E-state index in [0.29, 0.717) is 17.7 Å². The summed E-state index contributed by atoms with van der Waals surface area (Å²) in [6.45, 7) is 2.00. The van der Waals surface area contributed by atoms with Gasteiger partial charge in [0.05, 0.1) is 46.9 Å². The summed E-state index contributed by atoms with van der Waals surface area (Å²) in [6.07, 6.45) is 7.13. The van der Waals surface area contributed by atoms with Gasteiger partial charge >= 0.3 is 0 Å². The Balaban J connectivity index is 1.57. The Morgan fingerprint density at radius 1 is 1.31 bits per heavy atom. The lowest BCUT2D eigenvalue weighted by atomic mass is 10.2. The summed E-state index contributed by atoms with van der Waals surface area (Å²) in [5.41, 5.74) is 2.95. The van der Waals surface area contributed by atoms with E-state index in [4.69, 9.17) is 0 Å². The van der Waals surface area contributed by atoms with Crippen LogP contribution in [-0.4, -0.2) is 35.9 Å². The van der Waals surface area contributed by atoms with Crippen LogP contribution < -0.4 is 5.32 Å². The van der Waals surface area contributed by atoms with Gasteiger partial charge in [0, 0.05) is 6.20 Å².